The molecule has 1 aromatic heterocycles. The molecule has 1 amide bonds. The van der Waals surface area contributed by atoms with Crippen molar-refractivity contribution in [2.24, 2.45) is 5.92 Å². The van der Waals surface area contributed by atoms with Gasteiger partial charge < -0.3 is 15.4 Å². The van der Waals surface area contributed by atoms with E-state index >= 15 is 0 Å². The van der Waals surface area contributed by atoms with Crippen molar-refractivity contribution in [2.75, 3.05) is 0 Å². The quantitative estimate of drug-likeness (QED) is 0.266. The van der Waals surface area contributed by atoms with Crippen molar-refractivity contribution < 1.29 is 14.7 Å². The molecule has 0 spiro atoms. The molecule has 4 aromatic rings. The van der Waals surface area contributed by atoms with Gasteiger partial charge in [0.05, 0.1) is 0 Å². The first kappa shape index (κ1) is 26.2. The van der Waals surface area contributed by atoms with Crippen LogP contribution in [0.3, 0.4) is 0 Å². The number of benzene rings is 3. The molecule has 1 atom stereocenters. The van der Waals surface area contributed by atoms with Crippen LogP contribution in [0, 0.1) is 33.6 Å². The fourth-order valence-electron chi connectivity index (χ4n) is 5.06. The third-order valence-electron chi connectivity index (χ3n) is 7.83. The number of carboxylic acids is 1. The molecule has 4 rings (SSSR count). The van der Waals surface area contributed by atoms with Crippen LogP contribution in [0.1, 0.15) is 45.9 Å². The van der Waals surface area contributed by atoms with Crippen molar-refractivity contribution in [1.29, 1.82) is 0 Å². The largest absolute Gasteiger partial charge is 0.480 e. The van der Waals surface area contributed by atoms with Crippen molar-refractivity contribution in [3.8, 4) is 0 Å². The highest BCUT2D eigenvalue weighted by Gasteiger charge is 2.37. The number of carboxylic acid groups (broad SMARTS) is 1. The summed E-state index contributed by atoms with van der Waals surface area (Å²) in [6, 6.07) is 20.1. The van der Waals surface area contributed by atoms with Crippen LogP contribution in [0.4, 0.5) is 0 Å². The van der Waals surface area contributed by atoms with Crippen LogP contribution in [-0.4, -0.2) is 27.5 Å². The maximum Gasteiger partial charge on any atom is 0.329 e. The Bertz CT molecular complexity index is 1400. The molecular weight excluding hydrogens is 460 g/mol. The fraction of sp³-hybridized carbons (Fsp3) is 0.312. The highest BCUT2D eigenvalue weighted by atomic mass is 16.4. The number of aromatic nitrogens is 1. The number of carbonyl (C=O) groups is 2. The molecule has 3 aromatic carbocycles. The van der Waals surface area contributed by atoms with Crippen LogP contribution >= 0.6 is 0 Å². The number of aryl methyl sites for hydroxylation is 2. The Hall–Kier alpha value is -3.86. The minimum atomic E-state index is -1.45. The number of hydrogen-bond acceptors (Lipinski definition) is 2. The molecule has 3 N–H and O–H groups in total. The second-order valence-electron chi connectivity index (χ2n) is 10.5. The van der Waals surface area contributed by atoms with Gasteiger partial charge in [0.15, 0.2) is 0 Å². The summed E-state index contributed by atoms with van der Waals surface area (Å²) in [7, 11) is 0. The van der Waals surface area contributed by atoms with Gasteiger partial charge in [0.25, 0.3) is 0 Å². The smallest absolute Gasteiger partial charge is 0.329 e. The Labute approximate surface area is 218 Å². The zero-order valence-electron chi connectivity index (χ0n) is 22.3. The van der Waals surface area contributed by atoms with E-state index in [1.165, 1.54) is 22.3 Å². The second-order valence-corrected chi connectivity index (χ2v) is 10.5. The molecule has 5 nitrogen and oxygen atoms in total. The Morgan fingerprint density at radius 3 is 1.97 bits per heavy atom. The summed E-state index contributed by atoms with van der Waals surface area (Å²) in [5, 5.41) is 14.2. The number of amides is 1. The van der Waals surface area contributed by atoms with Crippen LogP contribution in [0.2, 0.25) is 0 Å². The predicted molar refractivity (Wildman–Crippen MR) is 149 cm³/mol. The number of fused-ring (bicyclic) bond motifs is 1. The Kier molecular flexibility index (Phi) is 7.53. The molecular formula is C32H36N2O3. The average molecular weight is 497 g/mol. The monoisotopic (exact) mass is 496 g/mol. The lowest BCUT2D eigenvalue weighted by atomic mass is 9.85. The molecule has 37 heavy (non-hydrogen) atoms. The number of rotatable bonds is 9. The first-order valence-corrected chi connectivity index (χ1v) is 12.8. The van der Waals surface area contributed by atoms with Gasteiger partial charge in [-0.05, 0) is 92.5 Å². The number of nitrogens with one attached hydrogen (secondary N) is 2. The van der Waals surface area contributed by atoms with E-state index in [4.69, 9.17) is 0 Å². The minimum absolute atomic E-state index is 0.178. The molecule has 0 saturated heterocycles. The van der Waals surface area contributed by atoms with Gasteiger partial charge in [-0.15, -0.1) is 0 Å². The summed E-state index contributed by atoms with van der Waals surface area (Å²) in [4.78, 5) is 29.6. The van der Waals surface area contributed by atoms with Gasteiger partial charge in [0, 0.05) is 29.4 Å². The van der Waals surface area contributed by atoms with Crippen LogP contribution in [0.25, 0.3) is 10.9 Å². The number of aromatic amines is 1. The number of hydrogen-bond donors (Lipinski definition) is 3. The van der Waals surface area contributed by atoms with E-state index in [-0.39, 0.29) is 12.3 Å². The Balaban J connectivity index is 1.66. The van der Waals surface area contributed by atoms with E-state index in [0.717, 1.165) is 27.6 Å². The first-order chi connectivity index (χ1) is 17.6. The van der Waals surface area contributed by atoms with Gasteiger partial charge in [0.1, 0.15) is 5.54 Å². The van der Waals surface area contributed by atoms with Crippen molar-refractivity contribution in [3.63, 3.8) is 0 Å². The Morgan fingerprint density at radius 1 is 0.838 bits per heavy atom. The highest BCUT2D eigenvalue weighted by Crippen LogP contribution is 2.26. The summed E-state index contributed by atoms with van der Waals surface area (Å²) in [5.74, 6) is -1.71. The molecule has 0 aliphatic heterocycles. The van der Waals surface area contributed by atoms with Gasteiger partial charge in [-0.2, -0.15) is 0 Å². The molecule has 1 unspecified atom stereocenters. The molecule has 0 radical (unpaired) electrons. The van der Waals surface area contributed by atoms with Crippen LogP contribution in [0.5, 0.6) is 0 Å². The van der Waals surface area contributed by atoms with E-state index in [2.05, 4.69) is 62.3 Å². The van der Waals surface area contributed by atoms with Gasteiger partial charge in [0.2, 0.25) is 5.91 Å². The van der Waals surface area contributed by atoms with E-state index in [1.54, 1.807) is 6.92 Å². The van der Waals surface area contributed by atoms with Crippen molar-refractivity contribution in [1.82, 2.24) is 10.3 Å². The second kappa shape index (κ2) is 10.6. The molecule has 0 fully saturated rings. The SMILES string of the molecule is Cc1cccc(CC(Cc2cccc(C)c2C)C(=O)NC(C)(Cc2c[nH]c3ccccc23)C(=O)O)c1C. The molecule has 192 valence electrons. The highest BCUT2D eigenvalue weighted by molar-refractivity contribution is 5.90. The molecule has 0 saturated carbocycles. The van der Waals surface area contributed by atoms with Gasteiger partial charge in [-0.3, -0.25) is 4.79 Å². The molecule has 1 heterocycles. The number of H-pyrrole nitrogens is 1. The number of para-hydroxylation sites is 1. The molecule has 5 heteroatoms. The maximum atomic E-state index is 13.9. The van der Waals surface area contributed by atoms with Crippen LogP contribution in [-0.2, 0) is 28.9 Å². The predicted octanol–water partition coefficient (Wildman–Crippen LogP) is 6.01. The van der Waals surface area contributed by atoms with Crippen molar-refractivity contribution in [3.05, 3.63) is 106 Å². The molecule has 0 bridgehead atoms. The number of aliphatic carboxylic acids is 1. The van der Waals surface area contributed by atoms with Crippen molar-refractivity contribution in [2.45, 2.75) is 59.4 Å². The molecule has 0 aliphatic rings. The average Bonchev–Trinajstić information content (AvgIpc) is 3.26. The zero-order chi connectivity index (χ0) is 26.7. The Morgan fingerprint density at radius 2 is 1.41 bits per heavy atom. The van der Waals surface area contributed by atoms with E-state index in [1.807, 2.05) is 42.6 Å². The van der Waals surface area contributed by atoms with Gasteiger partial charge >= 0.3 is 5.97 Å². The van der Waals surface area contributed by atoms with Crippen LogP contribution in [0.15, 0.2) is 66.9 Å². The van der Waals surface area contributed by atoms with E-state index in [9.17, 15) is 14.7 Å². The lowest BCUT2D eigenvalue weighted by Gasteiger charge is -2.29. The summed E-state index contributed by atoms with van der Waals surface area (Å²) < 4.78 is 0. The fourth-order valence-corrected chi connectivity index (χ4v) is 5.06. The minimum Gasteiger partial charge on any atom is -0.480 e. The van der Waals surface area contributed by atoms with Gasteiger partial charge in [-0.1, -0.05) is 54.6 Å². The lowest BCUT2D eigenvalue weighted by Crippen LogP contribution is -2.55. The summed E-state index contributed by atoms with van der Waals surface area (Å²) >= 11 is 0. The van der Waals surface area contributed by atoms with E-state index < -0.39 is 17.4 Å². The summed E-state index contributed by atoms with van der Waals surface area (Å²) in [6.45, 7) is 9.90. The third kappa shape index (κ3) is 5.61. The normalized spacial score (nSPS) is 13.0. The summed E-state index contributed by atoms with van der Waals surface area (Å²) in [6.07, 6.45) is 3.09. The number of carbonyl (C=O) groups excluding carboxylic acids is 1. The maximum absolute atomic E-state index is 13.9. The molecule has 0 aliphatic carbocycles. The first-order valence-electron chi connectivity index (χ1n) is 12.8. The topological polar surface area (TPSA) is 82.2 Å². The van der Waals surface area contributed by atoms with Gasteiger partial charge in [-0.25, -0.2) is 4.79 Å². The van der Waals surface area contributed by atoms with Crippen LogP contribution < -0.4 is 5.32 Å². The zero-order valence-corrected chi connectivity index (χ0v) is 22.3. The third-order valence-corrected chi connectivity index (χ3v) is 7.83. The van der Waals surface area contributed by atoms with Crippen molar-refractivity contribution >= 4 is 22.8 Å². The lowest BCUT2D eigenvalue weighted by molar-refractivity contribution is -0.147. The van der Waals surface area contributed by atoms with E-state index in [0.29, 0.717) is 12.8 Å². The summed E-state index contributed by atoms with van der Waals surface area (Å²) in [5.41, 5.74) is 7.26. The standard InChI is InChI=1S/C32H36N2O3/c1-20-10-8-12-24(22(20)3)16-26(17-25-13-9-11-21(2)23(25)4)30(35)34-32(5,31(36)37)18-27-19-33-29-15-7-6-14-28(27)29/h6-15,19,26,33H,16-18H2,1-5H3,(H,34,35)(H,36,37).